The summed E-state index contributed by atoms with van der Waals surface area (Å²) in [6.07, 6.45) is 2.23. The smallest absolute Gasteiger partial charge is 0.321 e. The lowest BCUT2D eigenvalue weighted by atomic mass is 10.1. The van der Waals surface area contributed by atoms with Gasteiger partial charge in [-0.05, 0) is 19.4 Å². The topological polar surface area (TPSA) is 86.9 Å². The molecular formula is C11H19N3O3. The molecule has 0 radical (unpaired) electrons. The van der Waals surface area contributed by atoms with Gasteiger partial charge in [0, 0.05) is 25.7 Å². The van der Waals surface area contributed by atoms with Crippen LogP contribution in [0.4, 0.5) is 0 Å². The fourth-order valence-corrected chi connectivity index (χ4v) is 2.62. The van der Waals surface area contributed by atoms with Crippen molar-refractivity contribution in [3.63, 3.8) is 0 Å². The third-order valence-electron chi connectivity index (χ3n) is 3.65. The van der Waals surface area contributed by atoms with Crippen LogP contribution in [0.15, 0.2) is 0 Å². The van der Waals surface area contributed by atoms with Crippen LogP contribution < -0.4 is 5.73 Å². The molecule has 2 fully saturated rings. The average molecular weight is 241 g/mol. The first-order valence-electron chi connectivity index (χ1n) is 6.08. The molecule has 0 saturated carbocycles. The number of nitrogens with two attached hydrogens (primary N) is 1. The molecule has 6 nitrogen and oxygen atoms in total. The van der Waals surface area contributed by atoms with Crippen molar-refractivity contribution in [2.45, 2.75) is 31.3 Å². The van der Waals surface area contributed by atoms with Crippen molar-refractivity contribution in [3.05, 3.63) is 0 Å². The molecule has 0 aromatic heterocycles. The number of hydrogen-bond acceptors (Lipinski definition) is 4. The average Bonchev–Trinajstić information content (AvgIpc) is 2.75. The Morgan fingerprint density at radius 1 is 1.35 bits per heavy atom. The summed E-state index contributed by atoms with van der Waals surface area (Å²) in [7, 11) is 0. The van der Waals surface area contributed by atoms with E-state index in [2.05, 4.69) is 4.90 Å². The van der Waals surface area contributed by atoms with Crippen LogP contribution >= 0.6 is 0 Å². The number of fused-ring (bicyclic) bond motifs is 1. The number of carboxylic acid groups (broad SMARTS) is 1. The Morgan fingerprint density at radius 2 is 2.12 bits per heavy atom. The normalized spacial score (nSPS) is 26.6. The van der Waals surface area contributed by atoms with Gasteiger partial charge in [-0.15, -0.1) is 0 Å². The van der Waals surface area contributed by atoms with Gasteiger partial charge >= 0.3 is 5.97 Å². The lowest BCUT2D eigenvalue weighted by Crippen LogP contribution is -2.53. The number of aliphatic carboxylic acids is 1. The van der Waals surface area contributed by atoms with Gasteiger partial charge in [0.15, 0.2) is 0 Å². The molecule has 2 heterocycles. The minimum atomic E-state index is -1.11. The van der Waals surface area contributed by atoms with Crippen LogP contribution in [0.2, 0.25) is 0 Å². The third kappa shape index (κ3) is 2.76. The van der Waals surface area contributed by atoms with E-state index in [1.54, 1.807) is 4.90 Å². The van der Waals surface area contributed by atoms with Crippen LogP contribution in [0.25, 0.3) is 0 Å². The predicted octanol–water partition coefficient (Wildman–Crippen LogP) is -0.905. The number of carbonyl (C=O) groups excluding carboxylic acids is 1. The van der Waals surface area contributed by atoms with Crippen molar-refractivity contribution in [3.8, 4) is 0 Å². The molecule has 17 heavy (non-hydrogen) atoms. The van der Waals surface area contributed by atoms with Crippen LogP contribution in [0.1, 0.15) is 19.3 Å². The molecule has 0 spiro atoms. The zero-order valence-corrected chi connectivity index (χ0v) is 9.84. The molecule has 0 aromatic carbocycles. The molecule has 0 bridgehead atoms. The quantitative estimate of drug-likeness (QED) is 0.668. The second kappa shape index (κ2) is 5.01. The maximum Gasteiger partial charge on any atom is 0.321 e. The summed E-state index contributed by atoms with van der Waals surface area (Å²) < 4.78 is 0. The Kier molecular flexibility index (Phi) is 3.63. The second-order valence-corrected chi connectivity index (χ2v) is 4.82. The fraction of sp³-hybridized carbons (Fsp3) is 0.818. The highest BCUT2D eigenvalue weighted by Crippen LogP contribution is 2.21. The predicted molar refractivity (Wildman–Crippen MR) is 61.4 cm³/mol. The van der Waals surface area contributed by atoms with Gasteiger partial charge in [0.2, 0.25) is 5.91 Å². The van der Waals surface area contributed by atoms with Gasteiger partial charge in [0.25, 0.3) is 0 Å². The lowest BCUT2D eigenvalue weighted by molar-refractivity contribution is -0.143. The van der Waals surface area contributed by atoms with Crippen LogP contribution in [-0.4, -0.2) is 65.0 Å². The first-order valence-corrected chi connectivity index (χ1v) is 6.08. The number of piperazine rings is 1. The van der Waals surface area contributed by atoms with E-state index >= 15 is 0 Å². The molecular weight excluding hydrogens is 222 g/mol. The number of amides is 1. The summed E-state index contributed by atoms with van der Waals surface area (Å²) in [6, 6.07) is -0.613. The number of carboxylic acids is 1. The Morgan fingerprint density at radius 3 is 2.82 bits per heavy atom. The summed E-state index contributed by atoms with van der Waals surface area (Å²) in [6.45, 7) is 3.45. The van der Waals surface area contributed by atoms with E-state index in [0.29, 0.717) is 12.6 Å². The fourth-order valence-electron chi connectivity index (χ4n) is 2.62. The standard InChI is InChI=1S/C11H19N3O3/c12-9(11(16)17)6-10(15)14-5-4-13-3-1-2-8(13)7-14/h8-9H,1-7,12H2,(H,16,17). The highest BCUT2D eigenvalue weighted by atomic mass is 16.4. The SMILES string of the molecule is NC(CC(=O)N1CCN2CCCC2C1)C(=O)O. The summed E-state index contributed by atoms with van der Waals surface area (Å²) in [5.41, 5.74) is 5.37. The zero-order valence-electron chi connectivity index (χ0n) is 9.84. The van der Waals surface area contributed by atoms with E-state index < -0.39 is 12.0 Å². The zero-order chi connectivity index (χ0) is 12.4. The second-order valence-electron chi connectivity index (χ2n) is 4.82. The van der Waals surface area contributed by atoms with Crippen molar-refractivity contribution in [1.82, 2.24) is 9.80 Å². The molecule has 2 rings (SSSR count). The van der Waals surface area contributed by atoms with E-state index in [1.165, 1.54) is 6.42 Å². The van der Waals surface area contributed by atoms with Crippen molar-refractivity contribution >= 4 is 11.9 Å². The van der Waals surface area contributed by atoms with Gasteiger partial charge in [0.05, 0.1) is 6.42 Å². The maximum absolute atomic E-state index is 11.9. The Balaban J connectivity index is 1.86. The van der Waals surface area contributed by atoms with Crippen LogP contribution in [0, 0.1) is 0 Å². The molecule has 6 heteroatoms. The Bertz CT molecular complexity index is 321. The van der Waals surface area contributed by atoms with Crippen molar-refractivity contribution in [2.75, 3.05) is 26.2 Å². The van der Waals surface area contributed by atoms with Crippen molar-refractivity contribution < 1.29 is 14.7 Å². The maximum atomic E-state index is 11.9. The number of rotatable bonds is 3. The molecule has 96 valence electrons. The van der Waals surface area contributed by atoms with E-state index in [1.807, 2.05) is 0 Å². The van der Waals surface area contributed by atoms with Gasteiger partial charge in [0.1, 0.15) is 6.04 Å². The minimum Gasteiger partial charge on any atom is -0.480 e. The molecule has 2 atom stereocenters. The summed E-state index contributed by atoms with van der Waals surface area (Å²) >= 11 is 0. The molecule has 0 aliphatic carbocycles. The highest BCUT2D eigenvalue weighted by Gasteiger charge is 2.33. The Labute approximate surface area is 100 Å². The molecule has 3 N–H and O–H groups in total. The first kappa shape index (κ1) is 12.3. The van der Waals surface area contributed by atoms with E-state index in [9.17, 15) is 9.59 Å². The van der Waals surface area contributed by atoms with Gasteiger partial charge in [-0.1, -0.05) is 0 Å². The van der Waals surface area contributed by atoms with E-state index in [4.69, 9.17) is 10.8 Å². The summed E-state index contributed by atoms with van der Waals surface area (Å²) in [4.78, 5) is 26.6. The molecule has 2 unspecified atom stereocenters. The lowest BCUT2D eigenvalue weighted by Gasteiger charge is -2.37. The minimum absolute atomic E-state index is 0.0952. The van der Waals surface area contributed by atoms with Crippen molar-refractivity contribution in [2.24, 2.45) is 5.73 Å². The monoisotopic (exact) mass is 241 g/mol. The Hall–Kier alpha value is -1.14. The highest BCUT2D eigenvalue weighted by molar-refractivity contribution is 5.84. The summed E-state index contributed by atoms with van der Waals surface area (Å²) in [5, 5.41) is 8.68. The first-order chi connectivity index (χ1) is 8.08. The molecule has 2 saturated heterocycles. The van der Waals surface area contributed by atoms with Gasteiger partial charge in [-0.2, -0.15) is 0 Å². The van der Waals surface area contributed by atoms with Gasteiger partial charge in [-0.25, -0.2) is 0 Å². The number of hydrogen-bond donors (Lipinski definition) is 2. The van der Waals surface area contributed by atoms with E-state index in [0.717, 1.165) is 26.1 Å². The summed E-state index contributed by atoms with van der Waals surface area (Å²) in [5.74, 6) is -1.25. The molecule has 1 amide bonds. The van der Waals surface area contributed by atoms with Crippen LogP contribution in [0.3, 0.4) is 0 Å². The number of carbonyl (C=O) groups is 2. The third-order valence-corrected chi connectivity index (χ3v) is 3.65. The van der Waals surface area contributed by atoms with Crippen LogP contribution in [-0.2, 0) is 9.59 Å². The van der Waals surface area contributed by atoms with Crippen LogP contribution in [0.5, 0.6) is 0 Å². The van der Waals surface area contributed by atoms with E-state index in [-0.39, 0.29) is 12.3 Å². The molecule has 0 aromatic rings. The van der Waals surface area contributed by atoms with Gasteiger partial charge in [-0.3, -0.25) is 14.5 Å². The van der Waals surface area contributed by atoms with Gasteiger partial charge < -0.3 is 15.7 Å². The molecule has 2 aliphatic rings. The number of nitrogens with zero attached hydrogens (tertiary/aromatic N) is 2. The van der Waals surface area contributed by atoms with Crippen molar-refractivity contribution in [1.29, 1.82) is 0 Å². The largest absolute Gasteiger partial charge is 0.480 e. The molecule has 2 aliphatic heterocycles.